The molecule has 2 heterocycles. The van der Waals surface area contributed by atoms with Crippen LogP contribution < -0.4 is 5.32 Å². The van der Waals surface area contributed by atoms with Crippen molar-refractivity contribution in [1.29, 1.82) is 0 Å². The van der Waals surface area contributed by atoms with E-state index < -0.39 is 0 Å². The summed E-state index contributed by atoms with van der Waals surface area (Å²) in [7, 11) is 0. The summed E-state index contributed by atoms with van der Waals surface area (Å²) in [6.45, 7) is 1.23. The lowest BCUT2D eigenvalue weighted by atomic mass is 10.1. The van der Waals surface area contributed by atoms with Gasteiger partial charge in [0.05, 0.1) is 12.6 Å². The first-order valence-corrected chi connectivity index (χ1v) is 5.60. The van der Waals surface area contributed by atoms with Crippen LogP contribution in [0.15, 0.2) is 42.5 Å². The van der Waals surface area contributed by atoms with E-state index in [4.69, 9.17) is 0 Å². The van der Waals surface area contributed by atoms with Gasteiger partial charge in [0.15, 0.2) is 0 Å². The van der Waals surface area contributed by atoms with E-state index in [0.29, 0.717) is 12.6 Å². The van der Waals surface area contributed by atoms with Crippen LogP contribution in [0.2, 0.25) is 0 Å². The van der Waals surface area contributed by atoms with E-state index in [1.54, 1.807) is 0 Å². The second-order valence-electron chi connectivity index (χ2n) is 4.28. The fourth-order valence-corrected chi connectivity index (χ4v) is 2.45. The highest BCUT2D eigenvalue weighted by Gasteiger charge is 2.34. The van der Waals surface area contributed by atoms with Gasteiger partial charge < -0.3 is 5.32 Å². The van der Waals surface area contributed by atoms with E-state index in [-0.39, 0.29) is 11.9 Å². The predicted molar refractivity (Wildman–Crippen MR) is 61.8 cm³/mol. The predicted octanol–water partition coefficient (Wildman–Crippen LogP) is 1.10. The standard InChI is InChI=1S/C13H14N2O/c16-13-9-15-11(8-14-13)6-7-12(15)10-4-2-1-3-5-10/h1-7,11-12H,8-9H2,(H,14,16). The Hall–Kier alpha value is -1.61. The van der Waals surface area contributed by atoms with E-state index in [9.17, 15) is 4.79 Å². The normalized spacial score (nSPS) is 28.9. The van der Waals surface area contributed by atoms with E-state index in [1.165, 1.54) is 5.56 Å². The summed E-state index contributed by atoms with van der Waals surface area (Å²) in [5, 5.41) is 2.89. The van der Waals surface area contributed by atoms with Crippen molar-refractivity contribution in [3.8, 4) is 0 Å². The van der Waals surface area contributed by atoms with Gasteiger partial charge in [-0.25, -0.2) is 0 Å². The van der Waals surface area contributed by atoms with Crippen LogP contribution in [0.1, 0.15) is 11.6 Å². The molecule has 2 atom stereocenters. The summed E-state index contributed by atoms with van der Waals surface area (Å²) in [6, 6.07) is 11.0. The van der Waals surface area contributed by atoms with Gasteiger partial charge in [0.2, 0.25) is 5.91 Å². The van der Waals surface area contributed by atoms with Crippen molar-refractivity contribution in [2.45, 2.75) is 12.1 Å². The average Bonchev–Trinajstić information content (AvgIpc) is 2.73. The number of carbonyl (C=O) groups excluding carboxylic acids is 1. The Morgan fingerprint density at radius 2 is 2.00 bits per heavy atom. The summed E-state index contributed by atoms with van der Waals surface area (Å²) >= 11 is 0. The molecule has 1 aromatic carbocycles. The third-order valence-electron chi connectivity index (χ3n) is 3.27. The maximum absolute atomic E-state index is 11.4. The van der Waals surface area contributed by atoms with Crippen LogP contribution in [0, 0.1) is 0 Å². The van der Waals surface area contributed by atoms with Crippen molar-refractivity contribution < 1.29 is 4.79 Å². The molecule has 3 nitrogen and oxygen atoms in total. The Bertz CT molecular complexity index is 427. The van der Waals surface area contributed by atoms with Gasteiger partial charge in [-0.1, -0.05) is 42.5 Å². The zero-order valence-corrected chi connectivity index (χ0v) is 8.97. The van der Waals surface area contributed by atoms with Crippen LogP contribution in [0.25, 0.3) is 0 Å². The summed E-state index contributed by atoms with van der Waals surface area (Å²) in [6.07, 6.45) is 4.39. The third-order valence-corrected chi connectivity index (χ3v) is 3.27. The van der Waals surface area contributed by atoms with Crippen LogP contribution >= 0.6 is 0 Å². The Labute approximate surface area is 94.8 Å². The number of benzene rings is 1. The first-order valence-electron chi connectivity index (χ1n) is 5.60. The molecule has 3 heteroatoms. The molecule has 0 aromatic heterocycles. The third kappa shape index (κ3) is 1.53. The number of fused-ring (bicyclic) bond motifs is 1. The van der Waals surface area contributed by atoms with Crippen molar-refractivity contribution >= 4 is 5.91 Å². The number of rotatable bonds is 1. The molecule has 0 spiro atoms. The minimum Gasteiger partial charge on any atom is -0.353 e. The summed E-state index contributed by atoms with van der Waals surface area (Å²) < 4.78 is 0. The SMILES string of the molecule is O=C1CN2C(C=CC2c2ccccc2)CN1. The van der Waals surface area contributed by atoms with Gasteiger partial charge in [0, 0.05) is 12.6 Å². The number of hydrogen-bond acceptors (Lipinski definition) is 2. The van der Waals surface area contributed by atoms with Crippen LogP contribution in [0.4, 0.5) is 0 Å². The van der Waals surface area contributed by atoms with Crippen molar-refractivity contribution in [2.24, 2.45) is 0 Å². The van der Waals surface area contributed by atoms with Gasteiger partial charge >= 0.3 is 0 Å². The van der Waals surface area contributed by atoms with Gasteiger partial charge in [0.25, 0.3) is 0 Å². The van der Waals surface area contributed by atoms with Crippen molar-refractivity contribution in [3.63, 3.8) is 0 Å². The van der Waals surface area contributed by atoms with Crippen LogP contribution in [0.5, 0.6) is 0 Å². The van der Waals surface area contributed by atoms with Gasteiger partial charge in [-0.2, -0.15) is 0 Å². The molecule has 0 bridgehead atoms. The Kier molecular flexibility index (Phi) is 2.26. The van der Waals surface area contributed by atoms with E-state index >= 15 is 0 Å². The molecule has 0 radical (unpaired) electrons. The van der Waals surface area contributed by atoms with E-state index in [0.717, 1.165) is 6.54 Å². The molecule has 2 aliphatic heterocycles. The van der Waals surface area contributed by atoms with E-state index in [1.807, 2.05) is 18.2 Å². The van der Waals surface area contributed by atoms with E-state index in [2.05, 4.69) is 34.5 Å². The molecular formula is C13H14N2O. The minimum absolute atomic E-state index is 0.126. The van der Waals surface area contributed by atoms with Crippen LogP contribution in [0.3, 0.4) is 0 Å². The fraction of sp³-hybridized carbons (Fsp3) is 0.308. The average molecular weight is 214 g/mol. The number of carbonyl (C=O) groups is 1. The molecule has 1 saturated heterocycles. The molecule has 1 fully saturated rings. The lowest BCUT2D eigenvalue weighted by Gasteiger charge is -2.34. The van der Waals surface area contributed by atoms with Crippen molar-refractivity contribution in [3.05, 3.63) is 48.0 Å². The van der Waals surface area contributed by atoms with Gasteiger partial charge in [0.1, 0.15) is 0 Å². The molecule has 1 N–H and O–H groups in total. The van der Waals surface area contributed by atoms with Gasteiger partial charge in [-0.15, -0.1) is 0 Å². The molecular weight excluding hydrogens is 200 g/mol. The Morgan fingerprint density at radius 1 is 1.19 bits per heavy atom. The van der Waals surface area contributed by atoms with Crippen LogP contribution in [-0.2, 0) is 4.79 Å². The first kappa shape index (κ1) is 9.60. The van der Waals surface area contributed by atoms with Crippen molar-refractivity contribution in [2.75, 3.05) is 13.1 Å². The largest absolute Gasteiger partial charge is 0.353 e. The molecule has 2 aliphatic rings. The highest BCUT2D eigenvalue weighted by atomic mass is 16.2. The number of hydrogen-bond donors (Lipinski definition) is 1. The fourth-order valence-electron chi connectivity index (χ4n) is 2.45. The molecule has 2 unspecified atom stereocenters. The monoisotopic (exact) mass is 214 g/mol. The molecule has 82 valence electrons. The Balaban J connectivity index is 1.87. The highest BCUT2D eigenvalue weighted by Crippen LogP contribution is 2.30. The first-order chi connectivity index (χ1) is 7.84. The molecule has 1 aromatic rings. The maximum atomic E-state index is 11.4. The number of piperazine rings is 1. The smallest absolute Gasteiger partial charge is 0.234 e. The van der Waals surface area contributed by atoms with Gasteiger partial charge in [-0.05, 0) is 5.56 Å². The zero-order valence-electron chi connectivity index (χ0n) is 8.97. The number of amides is 1. The summed E-state index contributed by atoms with van der Waals surface area (Å²) in [5.41, 5.74) is 1.26. The Morgan fingerprint density at radius 3 is 2.81 bits per heavy atom. The maximum Gasteiger partial charge on any atom is 0.234 e. The molecule has 16 heavy (non-hydrogen) atoms. The lowest BCUT2D eigenvalue weighted by Crippen LogP contribution is -2.52. The summed E-state index contributed by atoms with van der Waals surface area (Å²) in [5.74, 6) is 0.126. The van der Waals surface area contributed by atoms with Crippen molar-refractivity contribution in [1.82, 2.24) is 10.2 Å². The number of nitrogens with zero attached hydrogens (tertiary/aromatic N) is 1. The van der Waals surface area contributed by atoms with Gasteiger partial charge in [-0.3, -0.25) is 9.69 Å². The molecule has 0 aliphatic carbocycles. The second-order valence-corrected chi connectivity index (χ2v) is 4.28. The molecule has 3 rings (SSSR count). The quantitative estimate of drug-likeness (QED) is 0.710. The second kappa shape index (κ2) is 3.76. The zero-order chi connectivity index (χ0) is 11.0. The number of nitrogens with one attached hydrogen (secondary N) is 1. The summed E-state index contributed by atoms with van der Waals surface area (Å²) in [4.78, 5) is 13.6. The molecule has 1 amide bonds. The lowest BCUT2D eigenvalue weighted by molar-refractivity contribution is -0.125. The topological polar surface area (TPSA) is 32.3 Å². The minimum atomic E-state index is 0.126. The van der Waals surface area contributed by atoms with Crippen LogP contribution in [-0.4, -0.2) is 29.9 Å². The molecule has 0 saturated carbocycles. The highest BCUT2D eigenvalue weighted by molar-refractivity contribution is 5.79.